The van der Waals surface area contributed by atoms with Gasteiger partial charge in [-0.1, -0.05) is 0 Å². The number of likely N-dealkylation sites (tertiary alicyclic amines) is 2. The van der Waals surface area contributed by atoms with E-state index in [4.69, 9.17) is 53.1 Å². The Morgan fingerprint density at radius 3 is 1.49 bits per heavy atom. The first-order chi connectivity index (χ1) is 32.6. The predicted octanol–water partition coefficient (Wildman–Crippen LogP) is 2.80. The van der Waals surface area contributed by atoms with E-state index in [0.717, 1.165) is 38.8 Å². The number of nitrogens with zero attached hydrogens (tertiary/aromatic N) is 6. The van der Waals surface area contributed by atoms with Gasteiger partial charge in [-0.3, -0.25) is 13.8 Å². The van der Waals surface area contributed by atoms with Gasteiger partial charge in [0.1, 0.15) is 35.6 Å². The third-order valence-corrected chi connectivity index (χ3v) is 12.0. The molecule has 24 heteroatoms. The molecule has 0 saturated carbocycles. The standard InChI is InChI=1S/C22H32N4O7.C13H16N2O6S.C10H20N2O2/c1-13(27)31-15-11-29-19-16(12-30-18(15)19)32-17-5-8-23-20(25-17)24-14-6-9-26(10-7-14)21(28)33-22(2,3)4;1-7(16)20-8-5-18-12-9(6-19-11(8)12)21-10-3-4-14-13(15-10)22(2)17;1-10(2,3)14-9(13)12-6-4-8(11)5-7-12/h5,8,14-16,18-19H,6-7,9-12H2,1-4H3,(H,23,24,25);3-4,8-9,11-12H,5-6H2,1-2H3;8H,4-7,11H2,1-3H3/t15-,16?,18+,19+;8-,9?,11+,12+,22?;/m00./s1. The van der Waals surface area contributed by atoms with Crippen LogP contribution < -0.4 is 20.5 Å². The third-order valence-electron chi connectivity index (χ3n) is 11.3. The van der Waals surface area contributed by atoms with Crippen molar-refractivity contribution in [1.29, 1.82) is 0 Å². The zero-order valence-electron chi connectivity index (χ0n) is 40.9. The molecule has 6 saturated heterocycles. The number of amides is 2. The number of hydrogen-bond acceptors (Lipinski definition) is 21. The van der Waals surface area contributed by atoms with Crippen molar-refractivity contribution < 1.29 is 70.8 Å². The Bertz CT molecular complexity index is 2080. The van der Waals surface area contributed by atoms with Crippen LogP contribution in [0.25, 0.3) is 0 Å². The second-order valence-electron chi connectivity index (χ2n) is 19.3. The number of rotatable bonds is 9. The summed E-state index contributed by atoms with van der Waals surface area (Å²) in [7, 11) is -1.28. The molecule has 8 rings (SSSR count). The molecule has 2 aromatic heterocycles. The normalized spacial score (nSPS) is 27.3. The van der Waals surface area contributed by atoms with Gasteiger partial charge >= 0.3 is 24.1 Å². The largest absolute Gasteiger partial charge is 0.469 e. The highest BCUT2D eigenvalue weighted by Gasteiger charge is 2.52. The van der Waals surface area contributed by atoms with Crippen molar-refractivity contribution in [3.8, 4) is 11.8 Å². The maximum atomic E-state index is 12.2. The average Bonchev–Trinajstić information content (AvgIpc) is 4.06. The summed E-state index contributed by atoms with van der Waals surface area (Å²) in [4.78, 5) is 66.3. The van der Waals surface area contributed by atoms with Crippen LogP contribution in [-0.4, -0.2) is 189 Å². The van der Waals surface area contributed by atoms with Gasteiger partial charge in [-0.25, -0.2) is 19.6 Å². The summed E-state index contributed by atoms with van der Waals surface area (Å²) in [5.74, 6) is 0.457. The molecule has 9 atom stereocenters. The van der Waals surface area contributed by atoms with Crippen LogP contribution in [0.2, 0.25) is 0 Å². The fourth-order valence-electron chi connectivity index (χ4n) is 8.13. The number of anilines is 1. The number of nitrogens with two attached hydrogens (primary N) is 1. The highest BCUT2D eigenvalue weighted by atomic mass is 32.2. The first kappa shape index (κ1) is 53.3. The van der Waals surface area contributed by atoms with Crippen molar-refractivity contribution in [2.45, 2.75) is 158 Å². The van der Waals surface area contributed by atoms with Crippen molar-refractivity contribution in [3.63, 3.8) is 0 Å². The van der Waals surface area contributed by atoms with Gasteiger partial charge in [0.15, 0.2) is 24.4 Å². The van der Waals surface area contributed by atoms with Gasteiger partial charge in [-0.2, -0.15) is 9.97 Å². The van der Waals surface area contributed by atoms with E-state index in [1.54, 1.807) is 28.1 Å². The van der Waals surface area contributed by atoms with Crippen LogP contribution in [0.15, 0.2) is 29.7 Å². The lowest BCUT2D eigenvalue weighted by Gasteiger charge is -2.33. The number of aromatic nitrogens is 4. The first-order valence-electron chi connectivity index (χ1n) is 23.2. The minimum absolute atomic E-state index is 0.140. The predicted molar refractivity (Wildman–Crippen MR) is 245 cm³/mol. The van der Waals surface area contributed by atoms with E-state index in [0.29, 0.717) is 44.0 Å². The number of nitrogens with one attached hydrogen (secondary N) is 1. The van der Waals surface area contributed by atoms with Crippen LogP contribution in [0.3, 0.4) is 0 Å². The fourth-order valence-corrected chi connectivity index (χ4v) is 8.56. The average molecular weight is 993 g/mol. The molecule has 2 aromatic rings. The smallest absolute Gasteiger partial charge is 0.410 e. The van der Waals surface area contributed by atoms with E-state index >= 15 is 0 Å². The van der Waals surface area contributed by atoms with Crippen molar-refractivity contribution in [2.24, 2.45) is 5.73 Å². The molecule has 23 nitrogen and oxygen atoms in total. The molecule has 0 aromatic carbocycles. The van der Waals surface area contributed by atoms with Gasteiger partial charge in [-0.05, 0) is 67.2 Å². The van der Waals surface area contributed by atoms with E-state index in [-0.39, 0.29) is 91.2 Å². The van der Waals surface area contributed by atoms with E-state index in [9.17, 15) is 23.4 Å². The quantitative estimate of drug-likeness (QED) is 0.208. The highest BCUT2D eigenvalue weighted by Crippen LogP contribution is 2.33. The molecule has 0 radical (unpaired) electrons. The molecule has 0 aliphatic carbocycles. The molecule has 6 aliphatic rings. The second-order valence-corrected chi connectivity index (χ2v) is 20.6. The Morgan fingerprint density at radius 2 is 1.06 bits per heavy atom. The highest BCUT2D eigenvalue weighted by molar-refractivity contribution is 7.84. The minimum atomic E-state index is -1.28. The maximum Gasteiger partial charge on any atom is 0.410 e. The molecule has 6 aliphatic heterocycles. The van der Waals surface area contributed by atoms with E-state index in [1.165, 1.54) is 26.3 Å². The SMILES string of the molecule is CC(=O)O[C@H]1CO[C@@H]2C(Oc3ccnc(NC4CCN(C(=O)OC(C)(C)C)CC4)n3)CO[C@H]12.CC(=O)O[C@H]1CO[C@@H]2C(Oc3ccnc(S(C)=O)n3)CO[C@H]12.CC(C)(C)OC(=O)N1CCC(N)CC1. The summed E-state index contributed by atoms with van der Waals surface area (Å²) in [5.41, 5.74) is 4.84. The zero-order valence-corrected chi connectivity index (χ0v) is 41.7. The van der Waals surface area contributed by atoms with Crippen molar-refractivity contribution >= 4 is 40.9 Å². The summed E-state index contributed by atoms with van der Waals surface area (Å²) in [6, 6.07) is 3.65. The number of fused-ring (bicyclic) bond motifs is 2. The summed E-state index contributed by atoms with van der Waals surface area (Å²) >= 11 is 0. The van der Waals surface area contributed by atoms with Crippen molar-refractivity contribution in [2.75, 3.05) is 64.2 Å². The van der Waals surface area contributed by atoms with Gasteiger partial charge < -0.3 is 68.2 Å². The Kier molecular flexibility index (Phi) is 18.3. The molecule has 0 bridgehead atoms. The summed E-state index contributed by atoms with van der Waals surface area (Å²) < 4.78 is 67.1. The van der Waals surface area contributed by atoms with Crippen LogP contribution >= 0.6 is 0 Å². The number of esters is 2. The van der Waals surface area contributed by atoms with Gasteiger partial charge in [-0.15, -0.1) is 0 Å². The topological polar surface area (TPSA) is 274 Å². The Balaban J connectivity index is 0.000000187. The van der Waals surface area contributed by atoms with Gasteiger partial charge in [0.05, 0.1) is 37.2 Å². The van der Waals surface area contributed by atoms with Crippen LogP contribution in [0, 0.1) is 0 Å². The summed E-state index contributed by atoms with van der Waals surface area (Å²) in [6.45, 7) is 17.8. The zero-order chi connectivity index (χ0) is 50.0. The number of piperidine rings is 2. The maximum absolute atomic E-state index is 12.2. The Labute approximate surface area is 404 Å². The lowest BCUT2D eigenvalue weighted by Crippen LogP contribution is -2.44. The molecule has 3 unspecified atom stereocenters. The molecule has 6 fully saturated rings. The molecule has 384 valence electrons. The van der Waals surface area contributed by atoms with Crippen LogP contribution in [0.4, 0.5) is 15.5 Å². The minimum Gasteiger partial charge on any atom is -0.469 e. The molecule has 3 N–H and O–H groups in total. The van der Waals surface area contributed by atoms with Gasteiger partial charge in [0, 0.05) is 82.9 Å². The van der Waals surface area contributed by atoms with E-state index in [1.807, 2.05) is 41.5 Å². The number of carbonyl (C=O) groups excluding carboxylic acids is 4. The monoisotopic (exact) mass is 992 g/mol. The van der Waals surface area contributed by atoms with Crippen LogP contribution in [0.5, 0.6) is 11.8 Å². The Morgan fingerprint density at radius 1 is 0.652 bits per heavy atom. The second kappa shape index (κ2) is 23.7. The van der Waals surface area contributed by atoms with Crippen molar-refractivity contribution in [3.05, 3.63) is 24.5 Å². The van der Waals surface area contributed by atoms with Gasteiger partial charge in [0.2, 0.25) is 22.9 Å². The van der Waals surface area contributed by atoms with Crippen LogP contribution in [0.1, 0.15) is 81.1 Å². The fraction of sp³-hybridized carbons (Fsp3) is 0.733. The summed E-state index contributed by atoms with van der Waals surface area (Å²) in [6.07, 6.45) is 4.52. The van der Waals surface area contributed by atoms with Crippen molar-refractivity contribution in [1.82, 2.24) is 29.7 Å². The number of hydrogen-bond donors (Lipinski definition) is 2. The molecule has 0 spiro atoms. The first-order valence-corrected chi connectivity index (χ1v) is 24.8. The Hall–Kier alpha value is -5.01. The van der Waals surface area contributed by atoms with E-state index in [2.05, 4.69) is 25.3 Å². The molecule has 69 heavy (non-hydrogen) atoms. The molecular weight excluding hydrogens is 925 g/mol. The molecule has 2 amide bonds. The summed E-state index contributed by atoms with van der Waals surface area (Å²) in [5, 5.41) is 3.53. The molecule has 8 heterocycles. The molecular formula is C45H68N8O15S. The lowest BCUT2D eigenvalue weighted by molar-refractivity contribution is -0.151. The third kappa shape index (κ3) is 16.0. The van der Waals surface area contributed by atoms with E-state index < -0.39 is 34.2 Å². The lowest BCUT2D eigenvalue weighted by atomic mass is 10.1. The van der Waals surface area contributed by atoms with Crippen LogP contribution in [-0.2, 0) is 58.3 Å². The number of ether oxygens (including phenoxy) is 10. The number of carbonyl (C=O) groups is 4. The van der Waals surface area contributed by atoms with Gasteiger partial charge in [0.25, 0.3) is 0 Å².